The van der Waals surface area contributed by atoms with Crippen LogP contribution in [-0.4, -0.2) is 172 Å². The van der Waals surface area contributed by atoms with Crippen LogP contribution in [0.4, 0.5) is 0 Å². The maximum Gasteiger partial charge on any atom is 0.329 e. The van der Waals surface area contributed by atoms with Crippen LogP contribution in [0.5, 0.6) is 0 Å². The highest BCUT2D eigenvalue weighted by atomic mass is 16.6. The summed E-state index contributed by atoms with van der Waals surface area (Å²) in [6, 6.07) is 7.09. The Morgan fingerprint density at radius 2 is 1.03 bits per heavy atom. The predicted octanol–water partition coefficient (Wildman–Crippen LogP) is 4.36. The highest BCUT2D eigenvalue weighted by Gasteiger charge is 2.47. The van der Waals surface area contributed by atoms with Gasteiger partial charge in [-0.05, 0) is 65.9 Å². The lowest BCUT2D eigenvalue weighted by Crippen LogP contribution is -2.62. The molecule has 0 spiro atoms. The molecule has 8 amide bonds. The lowest BCUT2D eigenvalue weighted by molar-refractivity contribution is -0.171. The quantitative estimate of drug-likeness (QED) is 0.218. The Morgan fingerprint density at radius 3 is 1.53 bits per heavy atom. The number of esters is 1. The molecule has 19 nitrogen and oxygen atoms in total. The molecule has 2 saturated heterocycles. The minimum absolute atomic E-state index is 0.0688. The lowest BCUT2D eigenvalue weighted by atomic mass is 9.94. The molecule has 0 aromatic heterocycles. The number of nitrogens with one attached hydrogen (secondary N) is 3. The van der Waals surface area contributed by atoms with Gasteiger partial charge < -0.3 is 50.3 Å². The third-order valence-corrected chi connectivity index (χ3v) is 15.4. The first-order chi connectivity index (χ1) is 36.6. The molecule has 11 atom stereocenters. The maximum absolute atomic E-state index is 15.3. The van der Waals surface area contributed by atoms with Gasteiger partial charge in [-0.2, -0.15) is 0 Å². The van der Waals surface area contributed by atoms with E-state index in [1.165, 1.54) is 47.8 Å². The normalized spacial score (nSPS) is 26.6. The van der Waals surface area contributed by atoms with Crippen LogP contribution in [0.15, 0.2) is 60.7 Å². The Balaban J connectivity index is 1.97. The van der Waals surface area contributed by atoms with Gasteiger partial charge in [-0.15, -0.1) is 0 Å². The number of ether oxygens (including phenoxy) is 1. The fourth-order valence-electron chi connectivity index (χ4n) is 10.9. The van der Waals surface area contributed by atoms with E-state index in [4.69, 9.17) is 4.74 Å². The molecule has 432 valence electrons. The van der Waals surface area contributed by atoms with Gasteiger partial charge in [-0.25, -0.2) is 4.79 Å². The van der Waals surface area contributed by atoms with Crippen molar-refractivity contribution in [2.75, 3.05) is 34.7 Å². The molecule has 3 unspecified atom stereocenters. The van der Waals surface area contributed by atoms with Crippen molar-refractivity contribution in [3.05, 3.63) is 71.8 Å². The van der Waals surface area contributed by atoms with Crippen molar-refractivity contribution in [2.24, 2.45) is 35.5 Å². The van der Waals surface area contributed by atoms with Crippen LogP contribution in [-0.2, 0) is 54.3 Å². The summed E-state index contributed by atoms with van der Waals surface area (Å²) in [6.07, 6.45) is -1.97. The smallest absolute Gasteiger partial charge is 0.329 e. The van der Waals surface area contributed by atoms with E-state index in [1.807, 2.05) is 20.8 Å². The Hall–Kier alpha value is -6.37. The van der Waals surface area contributed by atoms with Gasteiger partial charge in [0.05, 0.1) is 0 Å². The van der Waals surface area contributed by atoms with E-state index in [2.05, 4.69) is 16.0 Å². The standard InChI is InChI=1S/C59H90N8O11/c1-17-38(12)44-56(74)63(13)45(34(4)5)52(70)60-41(31-33(2)3)54(72)65(15)47(36(8)9)59(77)78-50(37(10)11)58(76)64(14)46(35(6)7)53(71)61-42(32-39-25-20-18-21-26-39)55(73)66(16)48(49(68)40-27-22-19-23-28-40)57(75)67-30-24-29-43(67)51(69)62-44/h18-23,25-28,33-38,41-50,68H,17,24,29-32H2,1-16H3,(H,60,70)(H,61,71)(H,62,69)/t38?,41-,42-,43?,44-,45-,46-,47-,48-,49?,50-/m0/s1. The highest BCUT2D eigenvalue weighted by Crippen LogP contribution is 2.29. The summed E-state index contributed by atoms with van der Waals surface area (Å²) in [5.41, 5.74) is 0.949. The summed E-state index contributed by atoms with van der Waals surface area (Å²) in [4.78, 5) is 140. The number of carbonyl (C=O) groups is 9. The number of rotatable bonds is 12. The first kappa shape index (κ1) is 64.2. The van der Waals surface area contributed by atoms with Crippen LogP contribution in [0.3, 0.4) is 0 Å². The second kappa shape index (κ2) is 28.5. The van der Waals surface area contributed by atoms with Crippen LogP contribution in [0.1, 0.15) is 126 Å². The topological polar surface area (TPSA) is 235 Å². The molecule has 4 N–H and O–H groups in total. The molecule has 0 radical (unpaired) electrons. The summed E-state index contributed by atoms with van der Waals surface area (Å²) in [5, 5.41) is 21.0. The average molecular weight is 1090 g/mol. The molecule has 2 aliphatic heterocycles. The minimum Gasteiger partial charge on any atom is -0.450 e. The molecule has 2 heterocycles. The maximum atomic E-state index is 15.3. The highest BCUT2D eigenvalue weighted by molar-refractivity contribution is 5.99. The van der Waals surface area contributed by atoms with E-state index >= 15 is 9.59 Å². The first-order valence-corrected chi connectivity index (χ1v) is 27.8. The average Bonchev–Trinajstić information content (AvgIpc) is 3.91. The molecule has 2 aromatic carbocycles. The number of hydrogen-bond acceptors (Lipinski definition) is 11. The zero-order valence-corrected chi connectivity index (χ0v) is 49.0. The number of cyclic esters (lactones) is 1. The number of aliphatic hydroxyl groups is 1. The fourth-order valence-corrected chi connectivity index (χ4v) is 10.9. The second-order valence-electron chi connectivity index (χ2n) is 23.3. The predicted molar refractivity (Wildman–Crippen MR) is 296 cm³/mol. The molecule has 0 bridgehead atoms. The van der Waals surface area contributed by atoms with Gasteiger partial charge in [0.15, 0.2) is 6.10 Å². The molecule has 4 rings (SSSR count). The molecular formula is C59H90N8O11. The number of aliphatic hydroxyl groups excluding tert-OH is 1. The van der Waals surface area contributed by atoms with Crippen LogP contribution < -0.4 is 16.0 Å². The van der Waals surface area contributed by atoms with Crippen LogP contribution >= 0.6 is 0 Å². The number of fused-ring (bicyclic) bond motifs is 1. The van der Waals surface area contributed by atoms with Crippen LogP contribution in [0.2, 0.25) is 0 Å². The van der Waals surface area contributed by atoms with Gasteiger partial charge in [-0.1, -0.05) is 150 Å². The van der Waals surface area contributed by atoms with Gasteiger partial charge in [-0.3, -0.25) is 38.4 Å². The number of benzene rings is 2. The largest absolute Gasteiger partial charge is 0.450 e. The fraction of sp³-hybridized carbons (Fsp3) is 0.644. The van der Waals surface area contributed by atoms with E-state index < -0.39 is 143 Å². The van der Waals surface area contributed by atoms with Crippen molar-refractivity contribution < 1.29 is 53.0 Å². The van der Waals surface area contributed by atoms with Crippen LogP contribution in [0, 0.1) is 35.5 Å². The minimum atomic E-state index is -1.64. The monoisotopic (exact) mass is 1090 g/mol. The Labute approximate surface area is 462 Å². The Morgan fingerprint density at radius 1 is 0.551 bits per heavy atom. The second-order valence-corrected chi connectivity index (χ2v) is 23.3. The summed E-state index contributed by atoms with van der Waals surface area (Å²) >= 11 is 0. The van der Waals surface area contributed by atoms with Crippen molar-refractivity contribution in [3.63, 3.8) is 0 Å². The third-order valence-electron chi connectivity index (χ3n) is 15.4. The molecule has 0 aliphatic carbocycles. The van der Waals surface area contributed by atoms with Crippen molar-refractivity contribution in [2.45, 2.75) is 176 Å². The summed E-state index contributed by atoms with van der Waals surface area (Å²) in [7, 11) is 5.67. The van der Waals surface area contributed by atoms with Crippen molar-refractivity contribution in [1.29, 1.82) is 0 Å². The van der Waals surface area contributed by atoms with Crippen molar-refractivity contribution >= 4 is 53.2 Å². The van der Waals surface area contributed by atoms with E-state index in [0.717, 1.165) is 4.90 Å². The van der Waals surface area contributed by atoms with Crippen molar-refractivity contribution in [3.8, 4) is 0 Å². The van der Waals surface area contributed by atoms with E-state index in [1.54, 1.807) is 123 Å². The van der Waals surface area contributed by atoms with Crippen molar-refractivity contribution in [1.82, 2.24) is 40.4 Å². The molecule has 2 fully saturated rings. The van der Waals surface area contributed by atoms with E-state index in [0.29, 0.717) is 24.0 Å². The molecule has 2 aromatic rings. The number of hydrogen-bond donors (Lipinski definition) is 4. The number of carbonyl (C=O) groups excluding carboxylic acids is 9. The van der Waals surface area contributed by atoms with Crippen LogP contribution in [0.25, 0.3) is 0 Å². The van der Waals surface area contributed by atoms with Gasteiger partial charge in [0.25, 0.3) is 5.91 Å². The van der Waals surface area contributed by atoms with Gasteiger partial charge in [0.1, 0.15) is 54.4 Å². The lowest BCUT2D eigenvalue weighted by Gasteiger charge is -2.38. The van der Waals surface area contributed by atoms with Gasteiger partial charge >= 0.3 is 5.97 Å². The molecular weight excluding hydrogens is 997 g/mol. The summed E-state index contributed by atoms with van der Waals surface area (Å²) in [6.45, 7) is 21.3. The van der Waals surface area contributed by atoms with E-state index in [9.17, 15) is 38.7 Å². The van der Waals surface area contributed by atoms with Gasteiger partial charge in [0.2, 0.25) is 41.4 Å². The molecule has 0 saturated carbocycles. The third kappa shape index (κ3) is 15.5. The first-order valence-electron chi connectivity index (χ1n) is 27.8. The molecule has 78 heavy (non-hydrogen) atoms. The summed E-state index contributed by atoms with van der Waals surface area (Å²) < 4.78 is 6.08. The Bertz CT molecular complexity index is 2400. The zero-order valence-electron chi connectivity index (χ0n) is 49.0. The molecule has 19 heteroatoms. The molecule has 2 aliphatic rings. The number of amides is 8. The SMILES string of the molecule is CCC(C)[C@@H]1NC(=O)C2CCCN2C(=O)[C@H](C(O)c2ccccc2)N(C)C(=O)[C@H](Cc2ccccc2)NC(=O)[C@H](C(C)C)N(C)C(=O)[C@H](C(C)C)OC(=O)[C@H](C(C)C)N(C)C(=O)[C@H](CC(C)C)NC(=O)[C@H](C(C)C)N(C)C1=O. The van der Waals surface area contributed by atoms with Gasteiger partial charge in [0, 0.05) is 41.2 Å². The number of nitrogens with zero attached hydrogens (tertiary/aromatic N) is 5. The Kier molecular flexibility index (Phi) is 23.4. The zero-order chi connectivity index (χ0) is 58.6. The van der Waals surface area contributed by atoms with E-state index in [-0.39, 0.29) is 31.7 Å². The summed E-state index contributed by atoms with van der Waals surface area (Å²) in [5.74, 6) is -9.15. The number of likely N-dealkylation sites (N-methyl/N-ethyl adjacent to an activating group) is 4.